The van der Waals surface area contributed by atoms with Gasteiger partial charge in [-0.15, -0.1) is 0 Å². The molecule has 10 aromatic rings. The number of anilines is 3. The summed E-state index contributed by atoms with van der Waals surface area (Å²) in [6.07, 6.45) is 0. The van der Waals surface area contributed by atoms with E-state index in [-0.39, 0.29) is 5.69 Å². The molecule has 5 heteroatoms. The van der Waals surface area contributed by atoms with Gasteiger partial charge in [-0.25, -0.2) is 13.2 Å². The first-order valence-corrected chi connectivity index (χ1v) is 16.8. The Morgan fingerprint density at radius 1 is 0.431 bits per heavy atom. The van der Waals surface area contributed by atoms with Gasteiger partial charge in [0.1, 0.15) is 0 Å². The molecular weight excluding hydrogens is 638 g/mol. The molecule has 0 bridgehead atoms. The summed E-state index contributed by atoms with van der Waals surface area (Å²) in [5.41, 5.74) is 6.69. The van der Waals surface area contributed by atoms with Crippen LogP contribution < -0.4 is 4.90 Å². The van der Waals surface area contributed by atoms with Crippen molar-refractivity contribution in [3.05, 3.63) is 181 Å². The van der Waals surface area contributed by atoms with Crippen molar-refractivity contribution in [2.45, 2.75) is 0 Å². The van der Waals surface area contributed by atoms with Gasteiger partial charge in [-0.2, -0.15) is 0 Å². The molecule has 1 heterocycles. The third kappa shape index (κ3) is 4.38. The molecule has 10 rings (SSSR count). The van der Waals surface area contributed by atoms with Crippen LogP contribution in [-0.2, 0) is 0 Å². The number of hydrogen-bond donors (Lipinski definition) is 0. The van der Waals surface area contributed by atoms with E-state index < -0.39 is 17.5 Å². The van der Waals surface area contributed by atoms with E-state index in [9.17, 15) is 8.78 Å². The lowest BCUT2D eigenvalue weighted by Gasteiger charge is -2.26. The molecule has 0 aliphatic rings. The van der Waals surface area contributed by atoms with Crippen LogP contribution in [0, 0.1) is 17.5 Å². The summed E-state index contributed by atoms with van der Waals surface area (Å²) in [5, 5.41) is 9.58. The van der Waals surface area contributed by atoms with Gasteiger partial charge in [0, 0.05) is 27.8 Å². The number of fused-ring (bicyclic) bond motifs is 4. The Morgan fingerprint density at radius 2 is 1.08 bits per heavy atom. The van der Waals surface area contributed by atoms with Crippen molar-refractivity contribution in [1.29, 1.82) is 0 Å². The molecule has 1 aromatic heterocycles. The largest absolute Gasteiger partial charge is 0.309 e. The fourth-order valence-corrected chi connectivity index (χ4v) is 7.92. The molecule has 0 saturated carbocycles. The summed E-state index contributed by atoms with van der Waals surface area (Å²) in [4.78, 5) is 1.60. The zero-order valence-electron chi connectivity index (χ0n) is 27.1. The molecule has 0 radical (unpaired) electrons. The van der Waals surface area contributed by atoms with E-state index >= 15 is 4.39 Å². The fraction of sp³-hybridized carbons (Fsp3) is 0. The number of benzene rings is 9. The van der Waals surface area contributed by atoms with Crippen molar-refractivity contribution in [1.82, 2.24) is 4.57 Å². The highest BCUT2D eigenvalue weighted by Gasteiger charge is 2.22. The molecular formula is C46H27F3N2. The minimum absolute atomic E-state index is 0.0736. The highest BCUT2D eigenvalue weighted by molar-refractivity contribution is 6.34. The maximum absolute atomic E-state index is 15.2. The van der Waals surface area contributed by atoms with Crippen LogP contribution in [0.5, 0.6) is 0 Å². The van der Waals surface area contributed by atoms with Crippen molar-refractivity contribution in [3.63, 3.8) is 0 Å². The first-order valence-electron chi connectivity index (χ1n) is 16.8. The second-order valence-electron chi connectivity index (χ2n) is 12.9. The second kappa shape index (κ2) is 11.2. The van der Waals surface area contributed by atoms with E-state index in [2.05, 4.69) is 95.6 Å². The third-order valence-electron chi connectivity index (χ3n) is 10.1. The predicted molar refractivity (Wildman–Crippen MR) is 204 cm³/mol. The zero-order chi connectivity index (χ0) is 34.2. The monoisotopic (exact) mass is 664 g/mol. The van der Waals surface area contributed by atoms with Crippen molar-refractivity contribution < 1.29 is 13.2 Å². The quantitative estimate of drug-likeness (QED) is 0.131. The van der Waals surface area contributed by atoms with Crippen LogP contribution in [0.1, 0.15) is 0 Å². The van der Waals surface area contributed by atoms with E-state index in [1.165, 1.54) is 54.8 Å². The van der Waals surface area contributed by atoms with Gasteiger partial charge >= 0.3 is 0 Å². The highest BCUT2D eigenvalue weighted by atomic mass is 19.2. The van der Waals surface area contributed by atoms with Gasteiger partial charge in [0.25, 0.3) is 0 Å². The van der Waals surface area contributed by atoms with Crippen LogP contribution in [-0.4, -0.2) is 4.57 Å². The van der Waals surface area contributed by atoms with E-state index in [1.807, 2.05) is 60.7 Å². The summed E-state index contributed by atoms with van der Waals surface area (Å²) < 4.78 is 46.0. The lowest BCUT2D eigenvalue weighted by molar-refractivity contribution is 0.448. The van der Waals surface area contributed by atoms with Crippen LogP contribution in [0.15, 0.2) is 164 Å². The minimum atomic E-state index is -1.50. The number of para-hydroxylation sites is 3. The van der Waals surface area contributed by atoms with E-state index in [0.29, 0.717) is 11.4 Å². The Bertz CT molecular complexity index is 2930. The zero-order valence-corrected chi connectivity index (χ0v) is 27.1. The molecule has 51 heavy (non-hydrogen) atoms. The van der Waals surface area contributed by atoms with Gasteiger partial charge in [0.05, 0.1) is 16.7 Å². The van der Waals surface area contributed by atoms with E-state index in [1.54, 1.807) is 4.90 Å². The van der Waals surface area contributed by atoms with E-state index in [4.69, 9.17) is 0 Å². The van der Waals surface area contributed by atoms with Gasteiger partial charge in [-0.05, 0) is 104 Å². The minimum Gasteiger partial charge on any atom is -0.309 e. The Labute approximate surface area is 291 Å². The van der Waals surface area contributed by atoms with Gasteiger partial charge in [-0.1, -0.05) is 103 Å². The smallest absolute Gasteiger partial charge is 0.196 e. The molecule has 0 atom stereocenters. The van der Waals surface area contributed by atoms with Crippen LogP contribution in [0.4, 0.5) is 30.2 Å². The predicted octanol–water partition coefficient (Wildman–Crippen LogP) is 13.2. The molecule has 0 aliphatic carbocycles. The molecule has 0 spiro atoms. The number of rotatable bonds is 5. The third-order valence-corrected chi connectivity index (χ3v) is 10.1. The molecule has 0 saturated heterocycles. The molecule has 9 aromatic carbocycles. The van der Waals surface area contributed by atoms with Crippen molar-refractivity contribution in [2.75, 3.05) is 4.90 Å². The Morgan fingerprint density at radius 3 is 1.88 bits per heavy atom. The van der Waals surface area contributed by atoms with Crippen molar-refractivity contribution in [2.24, 2.45) is 0 Å². The lowest BCUT2D eigenvalue weighted by atomic mass is 9.88. The number of aromatic nitrogens is 1. The topological polar surface area (TPSA) is 8.17 Å². The van der Waals surface area contributed by atoms with Gasteiger partial charge in [0.15, 0.2) is 17.5 Å². The fourth-order valence-electron chi connectivity index (χ4n) is 7.92. The number of nitrogens with zero attached hydrogens (tertiary/aromatic N) is 2. The Hall–Kier alpha value is -6.59. The standard InChI is InChI=1S/C46H27F3N2/c47-38-25-26-40(46(49)45(38)48)50(31-9-3-1-4-10-31)33-20-17-28(18-21-33)34-22-19-29-15-16-30-27-41-44(37-24-23-35(34)42(29)43(30)37)36-13-7-8-14-39(36)51(41)32-11-5-2-6-12-32/h1-27H. The molecule has 0 fully saturated rings. The Balaban J connectivity index is 1.16. The molecule has 0 aliphatic heterocycles. The summed E-state index contributed by atoms with van der Waals surface area (Å²) in [5.74, 6) is -3.97. The van der Waals surface area contributed by atoms with Crippen LogP contribution in [0.2, 0.25) is 0 Å². The van der Waals surface area contributed by atoms with Gasteiger partial charge in [0.2, 0.25) is 0 Å². The maximum Gasteiger partial charge on any atom is 0.196 e. The molecule has 2 nitrogen and oxygen atoms in total. The lowest BCUT2D eigenvalue weighted by Crippen LogP contribution is -2.13. The molecule has 0 unspecified atom stereocenters. The molecule has 242 valence electrons. The van der Waals surface area contributed by atoms with Crippen LogP contribution in [0.25, 0.3) is 70.9 Å². The SMILES string of the molecule is Fc1ccc(N(c2ccccc2)c2ccc(-c3ccc4ccc5cc6c(c7ccc3c4c57)c3ccccc3n6-c3ccccc3)cc2)c(F)c1F. The second-order valence-corrected chi connectivity index (χ2v) is 12.9. The number of hydrogen-bond acceptors (Lipinski definition) is 1. The summed E-state index contributed by atoms with van der Waals surface area (Å²) in [6.45, 7) is 0. The van der Waals surface area contributed by atoms with Gasteiger partial charge < -0.3 is 9.47 Å². The van der Waals surface area contributed by atoms with E-state index in [0.717, 1.165) is 28.3 Å². The van der Waals surface area contributed by atoms with Crippen LogP contribution >= 0.6 is 0 Å². The summed E-state index contributed by atoms with van der Waals surface area (Å²) >= 11 is 0. The summed E-state index contributed by atoms with van der Waals surface area (Å²) in [6, 6.07) is 53.8. The van der Waals surface area contributed by atoms with Crippen molar-refractivity contribution >= 4 is 71.2 Å². The Kier molecular flexibility index (Phi) is 6.46. The first kappa shape index (κ1) is 29.3. The molecule has 0 amide bonds. The average molecular weight is 665 g/mol. The summed E-state index contributed by atoms with van der Waals surface area (Å²) in [7, 11) is 0. The maximum atomic E-state index is 15.2. The van der Waals surface area contributed by atoms with Crippen molar-refractivity contribution in [3.8, 4) is 16.8 Å². The number of halogens is 3. The first-order chi connectivity index (χ1) is 25.1. The highest BCUT2D eigenvalue weighted by Crippen LogP contribution is 2.45. The van der Waals surface area contributed by atoms with Gasteiger partial charge in [-0.3, -0.25) is 0 Å². The van der Waals surface area contributed by atoms with Crippen LogP contribution in [0.3, 0.4) is 0 Å². The molecule has 0 N–H and O–H groups in total. The average Bonchev–Trinajstić information content (AvgIpc) is 3.52. The normalized spacial score (nSPS) is 11.8.